The molecule has 0 bridgehead atoms. The van der Waals surface area contributed by atoms with E-state index in [-0.39, 0.29) is 5.88 Å². The van der Waals surface area contributed by atoms with Crippen LogP contribution in [0.5, 0.6) is 11.6 Å². The van der Waals surface area contributed by atoms with E-state index < -0.39 is 11.7 Å². The van der Waals surface area contributed by atoms with Gasteiger partial charge in [0.05, 0.1) is 11.8 Å². The van der Waals surface area contributed by atoms with Gasteiger partial charge in [0, 0.05) is 17.6 Å². The van der Waals surface area contributed by atoms with Gasteiger partial charge in [-0.3, -0.25) is 0 Å². The zero-order valence-corrected chi connectivity index (χ0v) is 10.9. The summed E-state index contributed by atoms with van der Waals surface area (Å²) in [4.78, 5) is 3.66. The molecule has 21 heavy (non-hydrogen) atoms. The summed E-state index contributed by atoms with van der Waals surface area (Å²) in [5.74, 6) is 0.586. The van der Waals surface area contributed by atoms with Crippen LogP contribution in [0.4, 0.5) is 13.2 Å². The summed E-state index contributed by atoms with van der Waals surface area (Å²) in [5.41, 5.74) is 0.868. The maximum absolute atomic E-state index is 12.4. The van der Waals surface area contributed by atoms with E-state index in [0.29, 0.717) is 5.75 Å². The minimum absolute atomic E-state index is 0.100. The predicted octanol–water partition coefficient (Wildman–Crippen LogP) is 4.95. The number of aromatic nitrogens is 1. The highest BCUT2D eigenvalue weighted by Crippen LogP contribution is 2.31. The normalized spacial score (nSPS) is 11.8. The zero-order valence-electron chi connectivity index (χ0n) is 10.9. The van der Waals surface area contributed by atoms with Gasteiger partial charge in [0.15, 0.2) is 0 Å². The van der Waals surface area contributed by atoms with Gasteiger partial charge in [0.2, 0.25) is 5.88 Å². The molecule has 0 saturated heterocycles. The van der Waals surface area contributed by atoms with Gasteiger partial charge in [0.1, 0.15) is 11.3 Å². The Hall–Kier alpha value is -2.50. The molecule has 0 atom stereocenters. The Labute approximate surface area is 118 Å². The lowest BCUT2D eigenvalue weighted by Crippen LogP contribution is -2.05. The summed E-state index contributed by atoms with van der Waals surface area (Å²) in [7, 11) is 0. The molecular formula is C15H10F3NO2. The molecule has 1 aromatic carbocycles. The lowest BCUT2D eigenvalue weighted by atomic mass is 10.2. The van der Waals surface area contributed by atoms with Crippen molar-refractivity contribution in [3.05, 3.63) is 53.9 Å². The summed E-state index contributed by atoms with van der Waals surface area (Å²) < 4.78 is 48.1. The van der Waals surface area contributed by atoms with Crippen LogP contribution in [-0.4, -0.2) is 4.98 Å². The molecule has 3 aromatic rings. The second-order valence-corrected chi connectivity index (χ2v) is 4.56. The minimum atomic E-state index is -4.40. The number of benzene rings is 1. The molecule has 0 aliphatic carbocycles. The fourth-order valence-corrected chi connectivity index (χ4v) is 1.93. The lowest BCUT2D eigenvalue weighted by Gasteiger charge is -2.08. The maximum atomic E-state index is 12.4. The Bertz CT molecular complexity index is 776. The topological polar surface area (TPSA) is 35.3 Å². The number of rotatable bonds is 2. The summed E-state index contributed by atoms with van der Waals surface area (Å²) >= 11 is 0. The van der Waals surface area contributed by atoms with Gasteiger partial charge in [-0.1, -0.05) is 0 Å². The van der Waals surface area contributed by atoms with Crippen molar-refractivity contribution in [3.8, 4) is 11.6 Å². The third-order valence-electron chi connectivity index (χ3n) is 3.02. The van der Waals surface area contributed by atoms with E-state index in [2.05, 4.69) is 4.98 Å². The Morgan fingerprint density at radius 3 is 2.62 bits per heavy atom. The molecule has 3 nitrogen and oxygen atoms in total. The highest BCUT2D eigenvalue weighted by Gasteiger charge is 2.30. The molecule has 0 unspecified atom stereocenters. The van der Waals surface area contributed by atoms with Gasteiger partial charge < -0.3 is 9.15 Å². The number of furan rings is 1. The highest BCUT2D eigenvalue weighted by atomic mass is 19.4. The number of hydrogen-bond acceptors (Lipinski definition) is 3. The van der Waals surface area contributed by atoms with E-state index in [1.807, 2.05) is 6.92 Å². The quantitative estimate of drug-likeness (QED) is 0.670. The molecular weight excluding hydrogens is 283 g/mol. The monoisotopic (exact) mass is 293 g/mol. The Kier molecular flexibility index (Phi) is 3.08. The summed E-state index contributed by atoms with van der Waals surface area (Å²) in [6, 6.07) is 7.29. The van der Waals surface area contributed by atoms with E-state index >= 15 is 0 Å². The van der Waals surface area contributed by atoms with Crippen molar-refractivity contribution in [2.24, 2.45) is 0 Å². The molecule has 0 fully saturated rings. The first-order chi connectivity index (χ1) is 9.93. The van der Waals surface area contributed by atoms with E-state index in [4.69, 9.17) is 9.15 Å². The van der Waals surface area contributed by atoms with Crippen LogP contribution >= 0.6 is 0 Å². The van der Waals surface area contributed by atoms with Crippen LogP contribution in [-0.2, 0) is 6.18 Å². The Morgan fingerprint density at radius 1 is 1.14 bits per heavy atom. The molecule has 0 saturated carbocycles. The number of ether oxygens (including phenoxy) is 1. The molecule has 0 spiro atoms. The van der Waals surface area contributed by atoms with Crippen molar-refractivity contribution < 1.29 is 22.3 Å². The minimum Gasteiger partial charge on any atom is -0.464 e. The largest absolute Gasteiger partial charge is 0.464 e. The molecule has 0 N–H and O–H groups in total. The highest BCUT2D eigenvalue weighted by molar-refractivity contribution is 5.82. The molecule has 2 heterocycles. The first-order valence-electron chi connectivity index (χ1n) is 6.12. The second-order valence-electron chi connectivity index (χ2n) is 4.56. The maximum Gasteiger partial charge on any atom is 0.417 e. The van der Waals surface area contributed by atoms with Crippen molar-refractivity contribution in [1.82, 2.24) is 4.98 Å². The summed E-state index contributed by atoms with van der Waals surface area (Å²) in [6.07, 6.45) is -2.03. The number of nitrogens with zero attached hydrogens (tertiary/aromatic N) is 1. The molecule has 2 aromatic heterocycles. The molecule has 0 amide bonds. The first-order valence-corrected chi connectivity index (χ1v) is 6.12. The van der Waals surface area contributed by atoms with Crippen LogP contribution in [0.1, 0.15) is 11.1 Å². The third-order valence-corrected chi connectivity index (χ3v) is 3.02. The van der Waals surface area contributed by atoms with Gasteiger partial charge in [-0.05, 0) is 36.8 Å². The van der Waals surface area contributed by atoms with Crippen LogP contribution < -0.4 is 4.74 Å². The summed E-state index contributed by atoms with van der Waals surface area (Å²) in [6.45, 7) is 1.89. The molecule has 0 radical (unpaired) electrons. The fraction of sp³-hybridized carbons (Fsp3) is 0.133. The van der Waals surface area contributed by atoms with Crippen LogP contribution in [0.2, 0.25) is 0 Å². The first kappa shape index (κ1) is 13.5. The van der Waals surface area contributed by atoms with Crippen molar-refractivity contribution in [3.63, 3.8) is 0 Å². The van der Waals surface area contributed by atoms with E-state index in [9.17, 15) is 13.2 Å². The molecule has 3 rings (SSSR count). The van der Waals surface area contributed by atoms with E-state index in [1.165, 1.54) is 6.07 Å². The van der Waals surface area contributed by atoms with Gasteiger partial charge >= 0.3 is 6.18 Å². The number of alkyl halides is 3. The Morgan fingerprint density at radius 2 is 1.95 bits per heavy atom. The third kappa shape index (κ3) is 2.69. The smallest absolute Gasteiger partial charge is 0.417 e. The van der Waals surface area contributed by atoms with Crippen molar-refractivity contribution in [2.75, 3.05) is 0 Å². The van der Waals surface area contributed by atoms with Gasteiger partial charge in [0.25, 0.3) is 0 Å². The number of hydrogen-bond donors (Lipinski definition) is 0. The second kappa shape index (κ2) is 4.80. The van der Waals surface area contributed by atoms with Crippen molar-refractivity contribution >= 4 is 11.0 Å². The van der Waals surface area contributed by atoms with Gasteiger partial charge in [-0.25, -0.2) is 4.98 Å². The van der Waals surface area contributed by atoms with E-state index in [1.54, 1.807) is 24.5 Å². The number of aryl methyl sites for hydroxylation is 1. The van der Waals surface area contributed by atoms with Gasteiger partial charge in [-0.15, -0.1) is 0 Å². The van der Waals surface area contributed by atoms with Crippen molar-refractivity contribution in [1.29, 1.82) is 0 Å². The zero-order chi connectivity index (χ0) is 15.0. The van der Waals surface area contributed by atoms with Crippen LogP contribution in [0.3, 0.4) is 0 Å². The number of pyridine rings is 1. The van der Waals surface area contributed by atoms with Crippen LogP contribution in [0, 0.1) is 6.92 Å². The molecule has 108 valence electrons. The molecule has 0 aliphatic rings. The van der Waals surface area contributed by atoms with E-state index in [0.717, 1.165) is 28.8 Å². The standard InChI is InChI=1S/C15H10F3NO2/c1-9-8-20-13-4-3-11(6-12(9)13)21-14-5-2-10(7-19-14)15(16,17)18/h2-8H,1H3. The molecule has 6 heteroatoms. The average molecular weight is 293 g/mol. The lowest BCUT2D eigenvalue weighted by molar-refractivity contribution is -0.137. The van der Waals surface area contributed by atoms with Crippen molar-refractivity contribution in [2.45, 2.75) is 13.1 Å². The summed E-state index contributed by atoms with van der Waals surface area (Å²) in [5, 5.41) is 0.888. The Balaban J connectivity index is 1.86. The fourth-order valence-electron chi connectivity index (χ4n) is 1.93. The van der Waals surface area contributed by atoms with Crippen LogP contribution in [0.15, 0.2) is 47.2 Å². The average Bonchev–Trinajstić information content (AvgIpc) is 2.80. The predicted molar refractivity (Wildman–Crippen MR) is 70.3 cm³/mol. The SMILES string of the molecule is Cc1coc2ccc(Oc3ccc(C(F)(F)F)cn3)cc12. The number of fused-ring (bicyclic) bond motifs is 1. The molecule has 0 aliphatic heterocycles. The number of halogens is 3. The van der Waals surface area contributed by atoms with Gasteiger partial charge in [-0.2, -0.15) is 13.2 Å². The van der Waals surface area contributed by atoms with Crippen LogP contribution in [0.25, 0.3) is 11.0 Å².